The summed E-state index contributed by atoms with van der Waals surface area (Å²) in [4.78, 5) is 13.4. The normalized spacial score (nSPS) is 11.1. The standard InChI is InChI=1S/C11H25N3O/c1-5-12-6-7-14(4)9-11(15)13-8-10(2)3/h10,12H,5-9H2,1-4H3,(H,13,15). The lowest BCUT2D eigenvalue weighted by molar-refractivity contribution is -0.122. The van der Waals surface area contributed by atoms with Crippen molar-refractivity contribution in [3.05, 3.63) is 0 Å². The summed E-state index contributed by atoms with van der Waals surface area (Å²) in [6.45, 7) is 10.3. The molecule has 0 saturated carbocycles. The third-order valence-electron chi connectivity index (χ3n) is 2.04. The van der Waals surface area contributed by atoms with Gasteiger partial charge < -0.3 is 10.6 Å². The topological polar surface area (TPSA) is 44.4 Å². The molecule has 0 aliphatic rings. The van der Waals surface area contributed by atoms with Crippen molar-refractivity contribution in [2.45, 2.75) is 20.8 Å². The number of likely N-dealkylation sites (N-methyl/N-ethyl adjacent to an activating group) is 2. The molecule has 0 aromatic carbocycles. The molecule has 0 aliphatic heterocycles. The molecule has 4 nitrogen and oxygen atoms in total. The number of hydrogen-bond acceptors (Lipinski definition) is 3. The van der Waals surface area contributed by atoms with Gasteiger partial charge in [-0.05, 0) is 19.5 Å². The summed E-state index contributed by atoms with van der Waals surface area (Å²) in [6, 6.07) is 0. The molecular formula is C11H25N3O. The summed E-state index contributed by atoms with van der Waals surface area (Å²) >= 11 is 0. The Morgan fingerprint density at radius 2 is 2.07 bits per heavy atom. The molecule has 0 unspecified atom stereocenters. The van der Waals surface area contributed by atoms with Crippen LogP contribution in [0.5, 0.6) is 0 Å². The molecule has 0 fully saturated rings. The second-order valence-corrected chi connectivity index (χ2v) is 4.29. The van der Waals surface area contributed by atoms with E-state index in [4.69, 9.17) is 0 Å². The molecule has 0 bridgehead atoms. The Bertz CT molecular complexity index is 171. The van der Waals surface area contributed by atoms with Crippen LogP contribution in [0.4, 0.5) is 0 Å². The molecule has 0 aromatic heterocycles. The van der Waals surface area contributed by atoms with E-state index in [-0.39, 0.29) is 5.91 Å². The predicted octanol–water partition coefficient (Wildman–Crippen LogP) is 0.300. The van der Waals surface area contributed by atoms with E-state index >= 15 is 0 Å². The van der Waals surface area contributed by atoms with Crippen LogP contribution in [0.2, 0.25) is 0 Å². The highest BCUT2D eigenvalue weighted by molar-refractivity contribution is 5.77. The summed E-state index contributed by atoms with van der Waals surface area (Å²) in [7, 11) is 1.96. The van der Waals surface area contributed by atoms with Crippen molar-refractivity contribution in [3.63, 3.8) is 0 Å². The first-order chi connectivity index (χ1) is 7.06. The minimum atomic E-state index is 0.114. The van der Waals surface area contributed by atoms with Gasteiger partial charge in [0.15, 0.2) is 0 Å². The Hall–Kier alpha value is -0.610. The van der Waals surface area contributed by atoms with Crippen molar-refractivity contribution in [1.29, 1.82) is 0 Å². The summed E-state index contributed by atoms with van der Waals surface area (Å²) in [5, 5.41) is 6.13. The Kier molecular flexibility index (Phi) is 8.33. The molecule has 90 valence electrons. The number of nitrogens with zero attached hydrogens (tertiary/aromatic N) is 1. The third kappa shape index (κ3) is 9.69. The van der Waals surface area contributed by atoms with Crippen LogP contribution < -0.4 is 10.6 Å². The fraction of sp³-hybridized carbons (Fsp3) is 0.909. The van der Waals surface area contributed by atoms with Crippen LogP contribution in [0.1, 0.15) is 20.8 Å². The van der Waals surface area contributed by atoms with Crippen LogP contribution in [0.15, 0.2) is 0 Å². The number of hydrogen-bond donors (Lipinski definition) is 2. The van der Waals surface area contributed by atoms with Gasteiger partial charge in [0.2, 0.25) is 5.91 Å². The quantitative estimate of drug-likeness (QED) is 0.572. The first-order valence-corrected chi connectivity index (χ1v) is 5.72. The van der Waals surface area contributed by atoms with E-state index in [2.05, 4.69) is 31.4 Å². The van der Waals surface area contributed by atoms with Crippen molar-refractivity contribution in [3.8, 4) is 0 Å². The minimum Gasteiger partial charge on any atom is -0.355 e. The lowest BCUT2D eigenvalue weighted by Gasteiger charge is -2.16. The summed E-state index contributed by atoms with van der Waals surface area (Å²) < 4.78 is 0. The molecule has 0 radical (unpaired) electrons. The van der Waals surface area contributed by atoms with E-state index in [9.17, 15) is 4.79 Å². The average molecular weight is 215 g/mol. The van der Waals surface area contributed by atoms with Crippen molar-refractivity contribution >= 4 is 5.91 Å². The maximum absolute atomic E-state index is 11.4. The SMILES string of the molecule is CCNCCN(C)CC(=O)NCC(C)C. The Morgan fingerprint density at radius 3 is 2.60 bits per heavy atom. The number of amides is 1. The highest BCUT2D eigenvalue weighted by atomic mass is 16.2. The Morgan fingerprint density at radius 1 is 1.40 bits per heavy atom. The zero-order valence-electron chi connectivity index (χ0n) is 10.5. The highest BCUT2D eigenvalue weighted by Gasteiger charge is 2.05. The molecule has 0 saturated heterocycles. The van der Waals surface area contributed by atoms with E-state index in [1.165, 1.54) is 0 Å². The van der Waals surface area contributed by atoms with E-state index in [1.54, 1.807) is 0 Å². The van der Waals surface area contributed by atoms with Gasteiger partial charge in [-0.1, -0.05) is 20.8 Å². The summed E-state index contributed by atoms with van der Waals surface area (Å²) in [5.74, 6) is 0.628. The maximum Gasteiger partial charge on any atom is 0.234 e. The van der Waals surface area contributed by atoms with Gasteiger partial charge in [-0.3, -0.25) is 9.69 Å². The second kappa shape index (κ2) is 8.68. The lowest BCUT2D eigenvalue weighted by Crippen LogP contribution is -2.39. The molecule has 0 spiro atoms. The predicted molar refractivity (Wildman–Crippen MR) is 63.9 cm³/mol. The maximum atomic E-state index is 11.4. The van der Waals surface area contributed by atoms with Crippen LogP contribution in [0.3, 0.4) is 0 Å². The van der Waals surface area contributed by atoms with Gasteiger partial charge in [-0.25, -0.2) is 0 Å². The molecule has 0 rings (SSSR count). The van der Waals surface area contributed by atoms with Crippen molar-refractivity contribution in [1.82, 2.24) is 15.5 Å². The van der Waals surface area contributed by atoms with Gasteiger partial charge in [-0.2, -0.15) is 0 Å². The first-order valence-electron chi connectivity index (χ1n) is 5.72. The summed E-state index contributed by atoms with van der Waals surface area (Å²) in [6.07, 6.45) is 0. The number of nitrogens with one attached hydrogen (secondary N) is 2. The summed E-state index contributed by atoms with van der Waals surface area (Å²) in [5.41, 5.74) is 0. The molecule has 1 amide bonds. The largest absolute Gasteiger partial charge is 0.355 e. The molecule has 0 aromatic rings. The molecule has 0 aliphatic carbocycles. The van der Waals surface area contributed by atoms with Crippen LogP contribution in [-0.2, 0) is 4.79 Å². The molecule has 4 heteroatoms. The fourth-order valence-corrected chi connectivity index (χ4v) is 1.14. The van der Waals surface area contributed by atoms with E-state index in [0.29, 0.717) is 12.5 Å². The first kappa shape index (κ1) is 14.4. The molecule has 0 atom stereocenters. The van der Waals surface area contributed by atoms with Gasteiger partial charge in [0.05, 0.1) is 6.54 Å². The lowest BCUT2D eigenvalue weighted by atomic mass is 10.2. The second-order valence-electron chi connectivity index (χ2n) is 4.29. The van der Waals surface area contributed by atoms with Crippen molar-refractivity contribution < 1.29 is 4.79 Å². The number of carbonyl (C=O) groups excluding carboxylic acids is 1. The molecule has 15 heavy (non-hydrogen) atoms. The van der Waals surface area contributed by atoms with Gasteiger partial charge in [0.1, 0.15) is 0 Å². The minimum absolute atomic E-state index is 0.114. The molecule has 0 heterocycles. The van der Waals surface area contributed by atoms with Crippen LogP contribution >= 0.6 is 0 Å². The van der Waals surface area contributed by atoms with E-state index < -0.39 is 0 Å². The average Bonchev–Trinajstić information content (AvgIpc) is 2.15. The molecule has 2 N–H and O–H groups in total. The monoisotopic (exact) mass is 215 g/mol. The number of rotatable bonds is 8. The van der Waals surface area contributed by atoms with Gasteiger partial charge >= 0.3 is 0 Å². The smallest absolute Gasteiger partial charge is 0.234 e. The molecular weight excluding hydrogens is 190 g/mol. The van der Waals surface area contributed by atoms with Gasteiger partial charge in [-0.15, -0.1) is 0 Å². The van der Waals surface area contributed by atoms with Gasteiger partial charge in [0.25, 0.3) is 0 Å². The Labute approximate surface area is 93.4 Å². The highest BCUT2D eigenvalue weighted by Crippen LogP contribution is 1.87. The van der Waals surface area contributed by atoms with E-state index in [0.717, 1.165) is 26.2 Å². The Balaban J connectivity index is 3.49. The zero-order chi connectivity index (χ0) is 11.7. The van der Waals surface area contributed by atoms with E-state index in [1.807, 2.05) is 11.9 Å². The number of carbonyl (C=O) groups is 1. The van der Waals surface area contributed by atoms with Crippen molar-refractivity contribution in [2.24, 2.45) is 5.92 Å². The van der Waals surface area contributed by atoms with Crippen LogP contribution in [0, 0.1) is 5.92 Å². The van der Waals surface area contributed by atoms with Crippen molar-refractivity contribution in [2.75, 3.05) is 39.8 Å². The third-order valence-corrected chi connectivity index (χ3v) is 2.04. The van der Waals surface area contributed by atoms with Crippen LogP contribution in [-0.4, -0.2) is 50.6 Å². The fourth-order valence-electron chi connectivity index (χ4n) is 1.14. The van der Waals surface area contributed by atoms with Crippen LogP contribution in [0.25, 0.3) is 0 Å². The van der Waals surface area contributed by atoms with Gasteiger partial charge in [0, 0.05) is 19.6 Å². The zero-order valence-corrected chi connectivity index (χ0v) is 10.5.